The molecule has 0 aliphatic heterocycles. The lowest BCUT2D eigenvalue weighted by Crippen LogP contribution is -2.36. The van der Waals surface area contributed by atoms with E-state index >= 15 is 0 Å². The topological polar surface area (TPSA) is 72.7 Å². The number of allylic oxidation sites excluding steroid dienone is 5. The molecular weight excluding hydrogens is 425 g/mol. The molecule has 2 aromatic heterocycles. The third-order valence-electron chi connectivity index (χ3n) is 5.96. The minimum absolute atomic E-state index is 0.0156. The Hall–Kier alpha value is -3.13. The highest BCUT2D eigenvalue weighted by Gasteiger charge is 2.38. The fourth-order valence-electron chi connectivity index (χ4n) is 4.10. The molecule has 6 nitrogen and oxygen atoms in total. The summed E-state index contributed by atoms with van der Waals surface area (Å²) in [5.74, 6) is -0.415. The molecule has 0 fully saturated rings. The van der Waals surface area contributed by atoms with Gasteiger partial charge in [-0.25, -0.2) is 4.39 Å². The molecule has 2 atom stereocenters. The average molecular weight is 452 g/mol. The van der Waals surface area contributed by atoms with Crippen LogP contribution in [0.15, 0.2) is 66.1 Å². The van der Waals surface area contributed by atoms with Crippen molar-refractivity contribution in [1.82, 2.24) is 20.0 Å². The van der Waals surface area contributed by atoms with Crippen LogP contribution < -0.4 is 5.32 Å². The first-order chi connectivity index (χ1) is 15.3. The van der Waals surface area contributed by atoms with E-state index in [1.807, 2.05) is 43.8 Å². The van der Waals surface area contributed by atoms with Gasteiger partial charge in [0.2, 0.25) is 11.0 Å². The van der Waals surface area contributed by atoms with Gasteiger partial charge < -0.3 is 5.32 Å². The summed E-state index contributed by atoms with van der Waals surface area (Å²) in [5.41, 5.74) is 3.89. The second kappa shape index (κ2) is 8.78. The first-order valence-electron chi connectivity index (χ1n) is 10.5. The monoisotopic (exact) mass is 451 g/mol. The molecule has 3 aromatic rings. The number of amides is 1. The van der Waals surface area contributed by atoms with Gasteiger partial charge >= 0.3 is 0 Å². The van der Waals surface area contributed by atoms with Crippen LogP contribution in [0.2, 0.25) is 0 Å². The molecule has 32 heavy (non-hydrogen) atoms. The Labute approximate surface area is 190 Å². The van der Waals surface area contributed by atoms with Crippen molar-refractivity contribution < 1.29 is 9.18 Å². The van der Waals surface area contributed by atoms with Gasteiger partial charge in [-0.3, -0.25) is 9.48 Å². The van der Waals surface area contributed by atoms with Gasteiger partial charge in [-0.1, -0.05) is 42.9 Å². The highest BCUT2D eigenvalue weighted by atomic mass is 32.1. The molecule has 1 aliphatic rings. The summed E-state index contributed by atoms with van der Waals surface area (Å²) in [5, 5.41) is 16.6. The normalized spacial score (nSPS) is 17.2. The van der Waals surface area contributed by atoms with Crippen molar-refractivity contribution in [3.8, 4) is 0 Å². The molecule has 1 amide bonds. The predicted octanol–water partition coefficient (Wildman–Crippen LogP) is 5.96. The smallest absolute Gasteiger partial charge is 0.232 e. The molecule has 1 aliphatic carbocycles. The molecule has 166 valence electrons. The lowest BCUT2D eigenvalue weighted by atomic mass is 9.71. The van der Waals surface area contributed by atoms with E-state index in [1.165, 1.54) is 17.4 Å². The van der Waals surface area contributed by atoms with Crippen LogP contribution in [-0.4, -0.2) is 25.9 Å². The molecule has 0 saturated heterocycles. The first-order valence-corrected chi connectivity index (χ1v) is 11.4. The van der Waals surface area contributed by atoms with Crippen molar-refractivity contribution in [1.29, 1.82) is 0 Å². The molecule has 0 spiro atoms. The molecule has 2 heterocycles. The van der Waals surface area contributed by atoms with Crippen LogP contribution in [0.1, 0.15) is 51.1 Å². The number of nitrogens with one attached hydrogen (secondary N) is 1. The number of benzene rings is 1. The van der Waals surface area contributed by atoms with Gasteiger partial charge in [0.25, 0.3) is 0 Å². The van der Waals surface area contributed by atoms with Crippen LogP contribution in [0, 0.1) is 5.41 Å². The Morgan fingerprint density at radius 1 is 1.44 bits per heavy atom. The average Bonchev–Trinajstić information content (AvgIpc) is 3.41. The van der Waals surface area contributed by atoms with Gasteiger partial charge in [0.15, 0.2) is 0 Å². The van der Waals surface area contributed by atoms with Crippen LogP contribution in [0.5, 0.6) is 0 Å². The molecule has 1 N–H and O–H groups in total. The van der Waals surface area contributed by atoms with E-state index < -0.39 is 5.41 Å². The zero-order valence-corrected chi connectivity index (χ0v) is 19.2. The summed E-state index contributed by atoms with van der Waals surface area (Å²) >= 11 is 1.29. The van der Waals surface area contributed by atoms with E-state index in [0.29, 0.717) is 18.0 Å². The van der Waals surface area contributed by atoms with Gasteiger partial charge in [-0.15, -0.1) is 16.8 Å². The van der Waals surface area contributed by atoms with Gasteiger partial charge in [-0.2, -0.15) is 5.10 Å². The lowest BCUT2D eigenvalue weighted by Gasteiger charge is -2.33. The summed E-state index contributed by atoms with van der Waals surface area (Å²) in [6.07, 6.45) is 7.96. The van der Waals surface area contributed by atoms with E-state index in [9.17, 15) is 9.18 Å². The molecule has 0 bridgehead atoms. The van der Waals surface area contributed by atoms with Crippen molar-refractivity contribution in [2.24, 2.45) is 5.41 Å². The summed E-state index contributed by atoms with van der Waals surface area (Å²) < 4.78 is 15.3. The number of anilines is 1. The molecule has 4 rings (SSSR count). The summed E-state index contributed by atoms with van der Waals surface area (Å²) in [4.78, 5) is 13.2. The van der Waals surface area contributed by atoms with E-state index in [2.05, 4.69) is 39.3 Å². The van der Waals surface area contributed by atoms with Gasteiger partial charge in [0.05, 0.1) is 23.2 Å². The number of hydrogen-bond donors (Lipinski definition) is 1. The minimum Gasteiger partial charge on any atom is -0.300 e. The number of nitrogens with zero attached hydrogens (tertiary/aromatic N) is 4. The maximum absolute atomic E-state index is 13.4. The Morgan fingerprint density at radius 3 is 2.91 bits per heavy atom. The second-order valence-corrected chi connectivity index (χ2v) is 9.63. The zero-order valence-electron chi connectivity index (χ0n) is 18.4. The van der Waals surface area contributed by atoms with E-state index in [0.717, 1.165) is 22.0 Å². The summed E-state index contributed by atoms with van der Waals surface area (Å²) in [6, 6.07) is 6.16. The number of hydrogen-bond acceptors (Lipinski definition) is 5. The number of rotatable bonds is 7. The zero-order chi connectivity index (χ0) is 22.9. The van der Waals surface area contributed by atoms with Gasteiger partial charge in [0, 0.05) is 11.3 Å². The lowest BCUT2D eigenvalue weighted by molar-refractivity contribution is -0.125. The third-order valence-corrected chi connectivity index (χ3v) is 6.56. The third kappa shape index (κ3) is 4.41. The summed E-state index contributed by atoms with van der Waals surface area (Å²) in [7, 11) is 0. The fourth-order valence-corrected chi connectivity index (χ4v) is 4.54. The van der Waals surface area contributed by atoms with Crippen molar-refractivity contribution in [3.63, 3.8) is 0 Å². The second-order valence-electron chi connectivity index (χ2n) is 8.79. The quantitative estimate of drug-likeness (QED) is 0.450. The van der Waals surface area contributed by atoms with Crippen molar-refractivity contribution in [3.05, 3.63) is 71.7 Å². The van der Waals surface area contributed by atoms with Crippen molar-refractivity contribution >= 4 is 33.3 Å². The number of fused-ring (bicyclic) bond motifs is 1. The SMILES string of the molecule is C=C(C)CC(c1ccc2c(cnn2C2C=CC(F)=CC2)c1)C(C)(C)C(=O)Nc1nncs1. The molecule has 0 saturated carbocycles. The van der Waals surface area contributed by atoms with Gasteiger partial charge in [-0.05, 0) is 49.6 Å². The molecule has 1 aromatic carbocycles. The van der Waals surface area contributed by atoms with Crippen LogP contribution in [0.4, 0.5) is 9.52 Å². The first kappa shape index (κ1) is 22.1. The highest BCUT2D eigenvalue weighted by Crippen LogP contribution is 2.42. The van der Waals surface area contributed by atoms with Crippen LogP contribution in [0.3, 0.4) is 0 Å². The molecule has 0 radical (unpaired) electrons. The van der Waals surface area contributed by atoms with Gasteiger partial charge in [0.1, 0.15) is 11.3 Å². The highest BCUT2D eigenvalue weighted by molar-refractivity contribution is 7.13. The Morgan fingerprint density at radius 2 is 2.25 bits per heavy atom. The molecular formula is C24H26FN5OS. The maximum atomic E-state index is 13.4. The molecule has 8 heteroatoms. The number of carbonyl (C=O) groups is 1. The predicted molar refractivity (Wildman–Crippen MR) is 126 cm³/mol. The van der Waals surface area contributed by atoms with Crippen LogP contribution >= 0.6 is 11.3 Å². The fraction of sp³-hybridized carbons (Fsp3) is 0.333. The maximum Gasteiger partial charge on any atom is 0.232 e. The van der Waals surface area contributed by atoms with Crippen molar-refractivity contribution in [2.75, 3.05) is 5.32 Å². The van der Waals surface area contributed by atoms with Crippen molar-refractivity contribution in [2.45, 2.75) is 45.6 Å². The largest absolute Gasteiger partial charge is 0.300 e. The van der Waals surface area contributed by atoms with E-state index in [4.69, 9.17) is 0 Å². The molecule has 2 unspecified atom stereocenters. The standard InChI is InChI=1S/C24H26FN5OS/c1-15(2)11-20(24(3,4)22(31)28-23-29-26-14-32-23)16-5-10-21-17(12-16)13-27-30(21)19-8-6-18(25)7-9-19/h5-8,10,12-14,19-20H,1,9,11H2,2-4H3,(H,28,29,31). The van der Waals surface area contributed by atoms with Crippen LogP contribution in [-0.2, 0) is 4.79 Å². The number of aromatic nitrogens is 4. The summed E-state index contributed by atoms with van der Waals surface area (Å²) in [6.45, 7) is 9.95. The Bertz CT molecular complexity index is 1210. The minimum atomic E-state index is -0.720. The van der Waals surface area contributed by atoms with Crippen LogP contribution in [0.25, 0.3) is 10.9 Å². The Balaban J connectivity index is 1.66. The Kier molecular flexibility index (Phi) is 6.06. The number of halogens is 1. The number of carbonyl (C=O) groups excluding carboxylic acids is 1. The van der Waals surface area contributed by atoms with E-state index in [1.54, 1.807) is 11.6 Å². The van der Waals surface area contributed by atoms with E-state index in [-0.39, 0.29) is 23.7 Å².